The number of halogens is 3. The lowest BCUT2D eigenvalue weighted by molar-refractivity contribution is -0.274. The number of ether oxygens (including phenoxy) is 1. The van der Waals surface area contributed by atoms with Crippen LogP contribution in [0.2, 0.25) is 0 Å². The van der Waals surface area contributed by atoms with Gasteiger partial charge in [-0.15, -0.1) is 13.2 Å². The van der Waals surface area contributed by atoms with Crippen LogP contribution in [0, 0.1) is 12.8 Å². The van der Waals surface area contributed by atoms with Gasteiger partial charge in [0.15, 0.2) is 5.82 Å². The van der Waals surface area contributed by atoms with Gasteiger partial charge < -0.3 is 10.1 Å². The van der Waals surface area contributed by atoms with E-state index < -0.39 is 6.36 Å². The van der Waals surface area contributed by atoms with Crippen molar-refractivity contribution in [2.24, 2.45) is 10.9 Å². The number of aryl methyl sites for hydroxylation is 1. The second-order valence-electron chi connectivity index (χ2n) is 11.9. The Morgan fingerprint density at radius 1 is 0.867 bits per heavy atom. The molecule has 0 radical (unpaired) electrons. The zero-order valence-electron chi connectivity index (χ0n) is 26.2. The molecule has 4 aromatic rings. The molecular weight excluding hydrogens is 571 g/mol. The molecule has 0 amide bonds. The first-order valence-electron chi connectivity index (χ1n) is 16.2. The van der Waals surface area contributed by atoms with E-state index >= 15 is 0 Å². The van der Waals surface area contributed by atoms with Crippen molar-refractivity contribution in [3.05, 3.63) is 89.5 Å². The molecule has 0 atom stereocenters. The van der Waals surface area contributed by atoms with E-state index in [0.29, 0.717) is 5.92 Å². The fourth-order valence-electron chi connectivity index (χ4n) is 6.10. The minimum Gasteiger partial charge on any atom is -0.406 e. The Bertz CT molecular complexity index is 1600. The van der Waals surface area contributed by atoms with E-state index in [4.69, 9.17) is 9.98 Å². The third-order valence-corrected chi connectivity index (χ3v) is 8.46. The van der Waals surface area contributed by atoms with Crippen molar-refractivity contribution in [1.29, 1.82) is 0 Å². The Balaban J connectivity index is 1.40. The number of para-hydroxylation sites is 1. The first kappa shape index (κ1) is 32.3. The molecule has 0 spiro atoms. The zero-order valence-corrected chi connectivity index (χ0v) is 26.2. The van der Waals surface area contributed by atoms with Gasteiger partial charge >= 0.3 is 6.36 Å². The van der Waals surface area contributed by atoms with E-state index in [1.165, 1.54) is 69.2 Å². The second kappa shape index (κ2) is 15.2. The highest BCUT2D eigenvalue weighted by Crippen LogP contribution is 2.37. The standard InChI is InChI=1S/C38H42F3N3O/c1-3-12-34(30-13-8-6-4-5-7-9-14-30)43-36-27(2)33-15-10-11-16-35(33)44-37(36)42-31-23-19-28(20-24-31)17-18-29-21-25-32(26-22-29)45-38(39,40)41/h10-11,15-26,30H,3-9,12-14H2,1-2H3,(H,42,44)/b18-17+,43-34+. The average Bonchev–Trinajstić information content (AvgIpc) is 3.16. The second-order valence-corrected chi connectivity index (χ2v) is 11.9. The summed E-state index contributed by atoms with van der Waals surface area (Å²) in [5.41, 5.74) is 6.92. The van der Waals surface area contributed by atoms with E-state index in [1.54, 1.807) is 12.1 Å². The normalized spacial score (nSPS) is 15.5. The monoisotopic (exact) mass is 613 g/mol. The molecule has 1 heterocycles. The van der Waals surface area contributed by atoms with Crippen LogP contribution >= 0.6 is 0 Å². The average molecular weight is 614 g/mol. The van der Waals surface area contributed by atoms with Gasteiger partial charge in [0, 0.05) is 16.8 Å². The van der Waals surface area contributed by atoms with Crippen LogP contribution < -0.4 is 10.1 Å². The summed E-state index contributed by atoms with van der Waals surface area (Å²) in [6.07, 6.45) is 11.4. The highest BCUT2D eigenvalue weighted by atomic mass is 19.4. The van der Waals surface area contributed by atoms with Crippen LogP contribution in [-0.4, -0.2) is 17.1 Å². The summed E-state index contributed by atoms with van der Waals surface area (Å²) < 4.78 is 41.3. The molecular formula is C38H42F3N3O. The Morgan fingerprint density at radius 2 is 1.47 bits per heavy atom. The van der Waals surface area contributed by atoms with Crippen molar-refractivity contribution in [3.63, 3.8) is 0 Å². The summed E-state index contributed by atoms with van der Waals surface area (Å²) in [6.45, 7) is 4.39. The smallest absolute Gasteiger partial charge is 0.406 e. The van der Waals surface area contributed by atoms with Gasteiger partial charge in [0.25, 0.3) is 0 Å². The number of anilines is 2. The summed E-state index contributed by atoms with van der Waals surface area (Å²) in [7, 11) is 0. The lowest BCUT2D eigenvalue weighted by Gasteiger charge is -2.21. The molecule has 236 valence electrons. The highest BCUT2D eigenvalue weighted by molar-refractivity contribution is 5.96. The van der Waals surface area contributed by atoms with E-state index in [0.717, 1.165) is 57.6 Å². The molecule has 1 N–H and O–H groups in total. The molecule has 1 aromatic heterocycles. The Hall–Kier alpha value is -4.13. The number of nitrogens with zero attached hydrogens (tertiary/aromatic N) is 2. The molecule has 3 aromatic carbocycles. The third kappa shape index (κ3) is 9.19. The number of pyridine rings is 1. The van der Waals surface area contributed by atoms with Crippen molar-refractivity contribution < 1.29 is 17.9 Å². The number of aliphatic imine (C=N–C) groups is 1. The summed E-state index contributed by atoms with van der Waals surface area (Å²) >= 11 is 0. The van der Waals surface area contributed by atoms with Crippen molar-refractivity contribution in [1.82, 2.24) is 4.98 Å². The Labute approximate surface area is 264 Å². The van der Waals surface area contributed by atoms with E-state index in [1.807, 2.05) is 48.6 Å². The number of rotatable bonds is 9. The van der Waals surface area contributed by atoms with Crippen molar-refractivity contribution >= 4 is 46.0 Å². The maximum atomic E-state index is 12.4. The maximum Gasteiger partial charge on any atom is 0.573 e. The van der Waals surface area contributed by atoms with Crippen molar-refractivity contribution in [2.75, 3.05) is 5.32 Å². The molecule has 1 aliphatic carbocycles. The molecule has 0 bridgehead atoms. The largest absolute Gasteiger partial charge is 0.573 e. The molecule has 0 unspecified atom stereocenters. The molecule has 45 heavy (non-hydrogen) atoms. The Kier molecular flexibility index (Phi) is 10.9. The van der Waals surface area contributed by atoms with Crippen LogP contribution in [0.15, 0.2) is 77.8 Å². The molecule has 7 heteroatoms. The molecule has 4 nitrogen and oxygen atoms in total. The van der Waals surface area contributed by atoms with Gasteiger partial charge in [-0.3, -0.25) is 4.99 Å². The zero-order chi connectivity index (χ0) is 31.6. The lowest BCUT2D eigenvalue weighted by atomic mass is 9.89. The number of hydrogen-bond donors (Lipinski definition) is 1. The summed E-state index contributed by atoms with van der Waals surface area (Å²) in [5.74, 6) is 1.03. The molecule has 0 saturated heterocycles. The number of hydrogen-bond acceptors (Lipinski definition) is 4. The predicted molar refractivity (Wildman–Crippen MR) is 181 cm³/mol. The van der Waals surface area contributed by atoms with Gasteiger partial charge in [-0.1, -0.05) is 106 Å². The first-order chi connectivity index (χ1) is 21.8. The van der Waals surface area contributed by atoms with Crippen molar-refractivity contribution in [3.8, 4) is 5.75 Å². The van der Waals surface area contributed by atoms with E-state index in [2.05, 4.69) is 36.0 Å². The lowest BCUT2D eigenvalue weighted by Crippen LogP contribution is -2.16. The van der Waals surface area contributed by atoms with Crippen LogP contribution in [0.3, 0.4) is 0 Å². The van der Waals surface area contributed by atoms with Crippen LogP contribution in [0.25, 0.3) is 23.1 Å². The summed E-state index contributed by atoms with van der Waals surface area (Å²) in [4.78, 5) is 10.5. The predicted octanol–water partition coefficient (Wildman–Crippen LogP) is 12.0. The van der Waals surface area contributed by atoms with Gasteiger partial charge in [0.05, 0.1) is 5.52 Å². The minimum atomic E-state index is -4.70. The van der Waals surface area contributed by atoms with Crippen LogP contribution in [-0.2, 0) is 0 Å². The highest BCUT2D eigenvalue weighted by Gasteiger charge is 2.31. The third-order valence-electron chi connectivity index (χ3n) is 8.46. The van der Waals surface area contributed by atoms with Crippen molar-refractivity contribution in [2.45, 2.75) is 84.4 Å². The molecule has 1 fully saturated rings. The molecule has 0 aliphatic heterocycles. The fraction of sp³-hybridized carbons (Fsp3) is 0.368. The summed E-state index contributed by atoms with van der Waals surface area (Å²) in [6, 6.07) is 22.0. The minimum absolute atomic E-state index is 0.238. The number of benzene rings is 3. The van der Waals surface area contributed by atoms with Crippen LogP contribution in [0.1, 0.15) is 87.8 Å². The molecule has 5 rings (SSSR count). The molecule has 1 aliphatic rings. The topological polar surface area (TPSA) is 46.5 Å². The van der Waals surface area contributed by atoms with Gasteiger partial charge in [-0.05, 0) is 79.1 Å². The van der Waals surface area contributed by atoms with E-state index in [9.17, 15) is 13.2 Å². The van der Waals surface area contributed by atoms with Gasteiger partial charge in [0.2, 0.25) is 0 Å². The van der Waals surface area contributed by atoms with Gasteiger partial charge in [0.1, 0.15) is 11.4 Å². The van der Waals surface area contributed by atoms with Crippen LogP contribution in [0.4, 0.5) is 30.4 Å². The van der Waals surface area contributed by atoms with Gasteiger partial charge in [-0.2, -0.15) is 0 Å². The number of alkyl halides is 3. The van der Waals surface area contributed by atoms with Crippen LogP contribution in [0.5, 0.6) is 5.75 Å². The Morgan fingerprint density at radius 3 is 2.09 bits per heavy atom. The number of aromatic nitrogens is 1. The summed E-state index contributed by atoms with van der Waals surface area (Å²) in [5, 5.41) is 4.68. The van der Waals surface area contributed by atoms with E-state index in [-0.39, 0.29) is 5.75 Å². The maximum absolute atomic E-state index is 12.4. The quantitative estimate of drug-likeness (QED) is 0.151. The number of fused-ring (bicyclic) bond motifs is 1. The SMILES string of the molecule is CCC/C(=N\c1c(Nc2ccc(/C=C/c3ccc(OC(F)(F)F)cc3)cc2)nc2ccccc2c1C)C1CCCCCCCC1. The molecule has 1 saturated carbocycles. The van der Waals surface area contributed by atoms with Gasteiger partial charge in [-0.25, -0.2) is 4.98 Å². The first-order valence-corrected chi connectivity index (χ1v) is 16.2. The fourth-order valence-corrected chi connectivity index (χ4v) is 6.10. The number of nitrogens with one attached hydrogen (secondary N) is 1.